The summed E-state index contributed by atoms with van der Waals surface area (Å²) in [5.74, 6) is 2.19. The van der Waals surface area contributed by atoms with Crippen LogP contribution in [0.1, 0.15) is 49.2 Å². The number of urea groups is 1. The van der Waals surface area contributed by atoms with Crippen molar-refractivity contribution in [1.29, 1.82) is 0 Å². The molecule has 0 unspecified atom stereocenters. The van der Waals surface area contributed by atoms with Gasteiger partial charge in [0, 0.05) is 18.3 Å². The van der Waals surface area contributed by atoms with Crippen LogP contribution in [0, 0.1) is 6.92 Å². The number of aryl methyl sites for hydroxylation is 1. The van der Waals surface area contributed by atoms with Crippen molar-refractivity contribution in [3.05, 3.63) is 83.8 Å². The van der Waals surface area contributed by atoms with Gasteiger partial charge in [-0.25, -0.2) is 4.79 Å². The van der Waals surface area contributed by atoms with Crippen LogP contribution in [-0.2, 0) is 17.8 Å². The van der Waals surface area contributed by atoms with Crippen molar-refractivity contribution < 1.29 is 18.7 Å². The third-order valence-electron chi connectivity index (χ3n) is 6.93. The van der Waals surface area contributed by atoms with Crippen LogP contribution in [0.4, 0.5) is 10.5 Å². The summed E-state index contributed by atoms with van der Waals surface area (Å²) in [7, 11) is 1.61. The molecule has 0 radical (unpaired) electrons. The number of rotatable bonds is 10. The number of nitrogens with one attached hydrogen (secondary N) is 1. The number of benzene rings is 2. The fraction of sp³-hybridized carbons (Fsp3) is 0.400. The van der Waals surface area contributed by atoms with Gasteiger partial charge in [0.25, 0.3) is 0 Å². The molecule has 2 aromatic carbocycles. The maximum absolute atomic E-state index is 13.7. The van der Waals surface area contributed by atoms with Crippen molar-refractivity contribution in [2.75, 3.05) is 25.5 Å². The van der Waals surface area contributed by atoms with Crippen LogP contribution in [-0.4, -0.2) is 48.0 Å². The van der Waals surface area contributed by atoms with Gasteiger partial charge < -0.3 is 24.3 Å². The predicted molar refractivity (Wildman–Crippen MR) is 145 cm³/mol. The Morgan fingerprint density at radius 2 is 1.70 bits per heavy atom. The average Bonchev–Trinajstić information content (AvgIpc) is 3.35. The zero-order valence-corrected chi connectivity index (χ0v) is 21.8. The predicted octanol–water partition coefficient (Wildman–Crippen LogP) is 6.03. The lowest BCUT2D eigenvalue weighted by Gasteiger charge is -2.35. The lowest BCUT2D eigenvalue weighted by atomic mass is 9.94. The summed E-state index contributed by atoms with van der Waals surface area (Å²) in [6.07, 6.45) is 5.84. The monoisotopic (exact) mass is 503 g/mol. The molecular weight excluding hydrogens is 466 g/mol. The number of hydrogen-bond donors (Lipinski definition) is 1. The molecule has 7 heteroatoms. The topological polar surface area (TPSA) is 75.0 Å². The van der Waals surface area contributed by atoms with Crippen LogP contribution in [0.25, 0.3) is 0 Å². The number of amides is 3. The van der Waals surface area contributed by atoms with Crippen LogP contribution in [0.3, 0.4) is 0 Å². The SMILES string of the molecule is COc1ccc(NC(=O)N(CC(=O)N(CCc2ccccc2)Cc2ccc(C)o2)C2CCCCC2)cc1. The molecule has 1 aliphatic rings. The second-order valence-corrected chi connectivity index (χ2v) is 9.64. The average molecular weight is 504 g/mol. The molecule has 1 fully saturated rings. The molecule has 1 aromatic heterocycles. The highest BCUT2D eigenvalue weighted by Crippen LogP contribution is 2.24. The van der Waals surface area contributed by atoms with E-state index in [1.807, 2.05) is 66.4 Å². The molecule has 0 aliphatic heterocycles. The van der Waals surface area contributed by atoms with E-state index in [4.69, 9.17) is 9.15 Å². The van der Waals surface area contributed by atoms with Crippen molar-refractivity contribution in [1.82, 2.24) is 9.80 Å². The number of anilines is 1. The van der Waals surface area contributed by atoms with Gasteiger partial charge in [-0.05, 0) is 68.1 Å². The first-order valence-electron chi connectivity index (χ1n) is 13.1. The minimum Gasteiger partial charge on any atom is -0.497 e. The van der Waals surface area contributed by atoms with E-state index in [-0.39, 0.29) is 24.5 Å². The van der Waals surface area contributed by atoms with E-state index in [9.17, 15) is 9.59 Å². The smallest absolute Gasteiger partial charge is 0.322 e. The number of furan rings is 1. The molecule has 0 spiro atoms. The lowest BCUT2D eigenvalue weighted by Crippen LogP contribution is -2.49. The standard InChI is InChI=1S/C30H37N3O4/c1-23-13-16-28(37-23)21-32(20-19-24-9-5-3-6-10-24)29(34)22-33(26-11-7-4-8-12-26)30(35)31-25-14-17-27(36-2)18-15-25/h3,5-6,9-10,13-18,26H,4,7-8,11-12,19-22H2,1-2H3,(H,31,35). The highest BCUT2D eigenvalue weighted by molar-refractivity contribution is 5.92. The van der Waals surface area contributed by atoms with Crippen LogP contribution in [0.15, 0.2) is 71.1 Å². The Morgan fingerprint density at radius 1 is 0.973 bits per heavy atom. The molecule has 1 saturated carbocycles. The van der Waals surface area contributed by atoms with Crippen molar-refractivity contribution in [3.63, 3.8) is 0 Å². The van der Waals surface area contributed by atoms with Gasteiger partial charge in [-0.2, -0.15) is 0 Å². The minimum absolute atomic E-state index is 0.0289. The van der Waals surface area contributed by atoms with Gasteiger partial charge >= 0.3 is 6.03 Å². The van der Waals surface area contributed by atoms with Crippen LogP contribution >= 0.6 is 0 Å². The van der Waals surface area contributed by atoms with E-state index in [2.05, 4.69) is 17.4 Å². The fourth-order valence-electron chi connectivity index (χ4n) is 4.83. The fourth-order valence-corrected chi connectivity index (χ4v) is 4.83. The summed E-state index contributed by atoms with van der Waals surface area (Å²) in [5, 5.41) is 2.99. The molecule has 0 atom stereocenters. The lowest BCUT2D eigenvalue weighted by molar-refractivity contribution is -0.133. The van der Waals surface area contributed by atoms with Gasteiger partial charge in [0.1, 0.15) is 23.8 Å². The molecule has 0 saturated heterocycles. The number of nitrogens with zero attached hydrogens (tertiary/aromatic N) is 2. The molecule has 7 nitrogen and oxygen atoms in total. The molecule has 1 N–H and O–H groups in total. The Hall–Kier alpha value is -3.74. The second-order valence-electron chi connectivity index (χ2n) is 9.64. The van der Waals surface area contributed by atoms with E-state index in [1.54, 1.807) is 12.0 Å². The first kappa shape index (κ1) is 26.3. The van der Waals surface area contributed by atoms with Crippen molar-refractivity contribution in [3.8, 4) is 5.75 Å². The Labute approximate surface area is 219 Å². The Morgan fingerprint density at radius 3 is 2.35 bits per heavy atom. The molecule has 196 valence electrons. The second kappa shape index (κ2) is 13.0. The van der Waals surface area contributed by atoms with Crippen molar-refractivity contribution in [2.45, 2.75) is 58.0 Å². The molecule has 3 amide bonds. The molecular formula is C30H37N3O4. The summed E-state index contributed by atoms with van der Waals surface area (Å²) in [4.78, 5) is 30.7. The number of carbonyl (C=O) groups excluding carboxylic acids is 2. The van der Waals surface area contributed by atoms with E-state index < -0.39 is 0 Å². The summed E-state index contributed by atoms with van der Waals surface area (Å²) in [6, 6.07) is 21.0. The van der Waals surface area contributed by atoms with Gasteiger partial charge in [-0.15, -0.1) is 0 Å². The van der Waals surface area contributed by atoms with Gasteiger partial charge in [0.05, 0.1) is 13.7 Å². The maximum atomic E-state index is 13.7. The Kier molecular flexibility index (Phi) is 9.24. The van der Waals surface area contributed by atoms with E-state index in [0.29, 0.717) is 18.8 Å². The Balaban J connectivity index is 1.49. The van der Waals surface area contributed by atoms with E-state index in [0.717, 1.165) is 54.9 Å². The highest BCUT2D eigenvalue weighted by Gasteiger charge is 2.29. The van der Waals surface area contributed by atoms with Crippen LogP contribution in [0.5, 0.6) is 5.75 Å². The first-order valence-corrected chi connectivity index (χ1v) is 13.1. The van der Waals surface area contributed by atoms with Crippen molar-refractivity contribution in [2.24, 2.45) is 0 Å². The highest BCUT2D eigenvalue weighted by atomic mass is 16.5. The van der Waals surface area contributed by atoms with Gasteiger partial charge in [-0.1, -0.05) is 49.6 Å². The van der Waals surface area contributed by atoms with Gasteiger partial charge in [0.2, 0.25) is 5.91 Å². The maximum Gasteiger partial charge on any atom is 0.322 e. The summed E-state index contributed by atoms with van der Waals surface area (Å²) >= 11 is 0. The quantitative estimate of drug-likeness (QED) is 0.366. The van der Waals surface area contributed by atoms with E-state index in [1.165, 1.54) is 6.42 Å². The molecule has 1 aliphatic carbocycles. The minimum atomic E-state index is -0.248. The molecule has 1 heterocycles. The molecule has 0 bridgehead atoms. The van der Waals surface area contributed by atoms with Gasteiger partial charge in [0.15, 0.2) is 0 Å². The zero-order valence-electron chi connectivity index (χ0n) is 21.8. The zero-order chi connectivity index (χ0) is 26.0. The first-order chi connectivity index (χ1) is 18.0. The van der Waals surface area contributed by atoms with E-state index >= 15 is 0 Å². The third-order valence-corrected chi connectivity index (χ3v) is 6.93. The summed E-state index contributed by atoms with van der Waals surface area (Å²) in [5.41, 5.74) is 1.84. The number of hydrogen-bond acceptors (Lipinski definition) is 4. The molecule has 3 aromatic rings. The Bertz CT molecular complexity index is 1140. The molecule has 4 rings (SSSR count). The van der Waals surface area contributed by atoms with Crippen LogP contribution in [0.2, 0.25) is 0 Å². The largest absolute Gasteiger partial charge is 0.497 e. The van der Waals surface area contributed by atoms with Gasteiger partial charge in [-0.3, -0.25) is 4.79 Å². The molecule has 37 heavy (non-hydrogen) atoms. The summed E-state index contributed by atoms with van der Waals surface area (Å²) in [6.45, 7) is 2.84. The summed E-state index contributed by atoms with van der Waals surface area (Å²) < 4.78 is 11.0. The normalized spacial score (nSPS) is 13.7. The third kappa shape index (κ3) is 7.62. The number of ether oxygens (including phenoxy) is 1. The number of carbonyl (C=O) groups is 2. The van der Waals surface area contributed by atoms with Crippen molar-refractivity contribution >= 4 is 17.6 Å². The van der Waals surface area contributed by atoms with Crippen LogP contribution < -0.4 is 10.1 Å². The number of methoxy groups -OCH3 is 1.